The van der Waals surface area contributed by atoms with Crippen LogP contribution in [0.1, 0.15) is 16.7 Å². The lowest BCUT2D eigenvalue weighted by atomic mass is 10.2. The smallest absolute Gasteiger partial charge is 0.339 e. The fourth-order valence-corrected chi connectivity index (χ4v) is 5.13. The molecule has 35 heavy (non-hydrogen) atoms. The normalized spacial score (nSPS) is 15.0. The summed E-state index contributed by atoms with van der Waals surface area (Å²) < 4.78 is 36.1. The number of benzene rings is 3. The second-order valence-electron chi connectivity index (χ2n) is 7.92. The number of hydrogen-bond donors (Lipinski definition) is 0. The van der Waals surface area contributed by atoms with Crippen molar-refractivity contribution >= 4 is 39.1 Å². The fraction of sp³-hybridized carbons (Fsp3) is 0.154. The number of imide groups is 1. The summed E-state index contributed by atoms with van der Waals surface area (Å²) in [5, 5.41) is -0.386. The van der Waals surface area contributed by atoms with Gasteiger partial charge in [-0.3, -0.25) is 14.5 Å². The van der Waals surface area contributed by atoms with Gasteiger partial charge >= 0.3 is 10.1 Å². The first kappa shape index (κ1) is 24.6. The van der Waals surface area contributed by atoms with Crippen LogP contribution in [0.2, 0.25) is 0 Å². The van der Waals surface area contributed by atoms with Crippen molar-refractivity contribution in [1.82, 2.24) is 4.90 Å². The highest BCUT2D eigenvalue weighted by Gasteiger charge is 2.34. The lowest BCUT2D eigenvalue weighted by Crippen LogP contribution is -2.32. The van der Waals surface area contributed by atoms with Crippen molar-refractivity contribution in [3.8, 4) is 11.5 Å². The first-order chi connectivity index (χ1) is 16.7. The standard InChI is InChI=1S/C26H23NO6S2/c1-18-9-11-23(12-10-18)35(30,31)33-22-8-4-6-20(16-22)17-24-25(28)27(26(29)34-24)13-14-32-21-7-3-5-19(2)15-21/h3-12,15-17H,13-14H2,1-2H3/b24-17-. The van der Waals surface area contributed by atoms with Gasteiger partial charge in [0.25, 0.3) is 11.1 Å². The van der Waals surface area contributed by atoms with Crippen molar-refractivity contribution in [3.05, 3.63) is 94.4 Å². The molecule has 7 nitrogen and oxygen atoms in total. The molecule has 1 fully saturated rings. The zero-order valence-electron chi connectivity index (χ0n) is 19.1. The van der Waals surface area contributed by atoms with E-state index in [4.69, 9.17) is 8.92 Å². The van der Waals surface area contributed by atoms with Gasteiger partial charge in [-0.1, -0.05) is 42.0 Å². The summed E-state index contributed by atoms with van der Waals surface area (Å²) in [5.74, 6) is 0.349. The van der Waals surface area contributed by atoms with E-state index < -0.39 is 16.0 Å². The zero-order chi connectivity index (χ0) is 25.0. The van der Waals surface area contributed by atoms with Crippen LogP contribution in [-0.2, 0) is 14.9 Å². The number of nitrogens with zero attached hydrogens (tertiary/aromatic N) is 1. The molecule has 1 saturated heterocycles. The summed E-state index contributed by atoms with van der Waals surface area (Å²) in [5.41, 5.74) is 2.51. The van der Waals surface area contributed by atoms with Crippen molar-refractivity contribution in [2.45, 2.75) is 18.7 Å². The number of hydrogen-bond acceptors (Lipinski definition) is 7. The number of aryl methyl sites for hydroxylation is 2. The van der Waals surface area contributed by atoms with Gasteiger partial charge in [0, 0.05) is 0 Å². The van der Waals surface area contributed by atoms with E-state index in [1.165, 1.54) is 30.3 Å². The van der Waals surface area contributed by atoms with Crippen LogP contribution >= 0.6 is 11.8 Å². The van der Waals surface area contributed by atoms with Gasteiger partial charge in [-0.15, -0.1) is 0 Å². The Balaban J connectivity index is 1.43. The molecule has 0 unspecified atom stereocenters. The molecule has 9 heteroatoms. The quantitative estimate of drug-likeness (QED) is 0.305. The molecule has 180 valence electrons. The fourth-order valence-electron chi connectivity index (χ4n) is 3.34. The largest absolute Gasteiger partial charge is 0.492 e. The highest BCUT2D eigenvalue weighted by Crippen LogP contribution is 2.32. The zero-order valence-corrected chi connectivity index (χ0v) is 20.8. The van der Waals surface area contributed by atoms with Crippen LogP contribution < -0.4 is 8.92 Å². The van der Waals surface area contributed by atoms with E-state index in [-0.39, 0.29) is 33.9 Å². The van der Waals surface area contributed by atoms with E-state index in [9.17, 15) is 18.0 Å². The van der Waals surface area contributed by atoms with Crippen LogP contribution in [0.5, 0.6) is 11.5 Å². The van der Waals surface area contributed by atoms with Crippen LogP contribution in [0.4, 0.5) is 4.79 Å². The Bertz CT molecular complexity index is 1400. The highest BCUT2D eigenvalue weighted by molar-refractivity contribution is 8.18. The highest BCUT2D eigenvalue weighted by atomic mass is 32.2. The maximum atomic E-state index is 12.8. The molecule has 3 aromatic carbocycles. The Morgan fingerprint density at radius 3 is 2.34 bits per heavy atom. The first-order valence-corrected chi connectivity index (χ1v) is 13.0. The third-order valence-corrected chi connectivity index (χ3v) is 7.29. The summed E-state index contributed by atoms with van der Waals surface area (Å²) in [6, 6.07) is 20.2. The van der Waals surface area contributed by atoms with E-state index in [0.717, 1.165) is 27.8 Å². The van der Waals surface area contributed by atoms with Crippen LogP contribution in [0.15, 0.2) is 82.6 Å². The van der Waals surface area contributed by atoms with Gasteiger partial charge in [-0.25, -0.2) is 0 Å². The van der Waals surface area contributed by atoms with Gasteiger partial charge in [0.2, 0.25) is 0 Å². The van der Waals surface area contributed by atoms with Gasteiger partial charge in [-0.2, -0.15) is 8.42 Å². The molecular weight excluding hydrogens is 486 g/mol. The van der Waals surface area contributed by atoms with Crippen molar-refractivity contribution in [2.24, 2.45) is 0 Å². The minimum Gasteiger partial charge on any atom is -0.492 e. The van der Waals surface area contributed by atoms with Crippen LogP contribution in [0, 0.1) is 13.8 Å². The van der Waals surface area contributed by atoms with Crippen molar-refractivity contribution in [1.29, 1.82) is 0 Å². The van der Waals surface area contributed by atoms with E-state index in [1.54, 1.807) is 24.3 Å². The second kappa shape index (κ2) is 10.4. The van der Waals surface area contributed by atoms with Gasteiger partial charge in [0.05, 0.1) is 11.4 Å². The topological polar surface area (TPSA) is 90.0 Å². The summed E-state index contributed by atoms with van der Waals surface area (Å²) in [7, 11) is -4.01. The maximum Gasteiger partial charge on any atom is 0.339 e. The van der Waals surface area contributed by atoms with Crippen molar-refractivity contribution in [3.63, 3.8) is 0 Å². The van der Waals surface area contributed by atoms with Gasteiger partial charge < -0.3 is 8.92 Å². The number of amides is 2. The number of ether oxygens (including phenoxy) is 1. The molecule has 1 aliphatic rings. The Kier molecular flexibility index (Phi) is 7.28. The Hall–Kier alpha value is -3.56. The average molecular weight is 510 g/mol. The summed E-state index contributed by atoms with van der Waals surface area (Å²) in [4.78, 5) is 26.6. The molecule has 0 aromatic heterocycles. The molecule has 2 amide bonds. The predicted octanol–water partition coefficient (Wildman–Crippen LogP) is 5.19. The number of thioether (sulfide) groups is 1. The average Bonchev–Trinajstić information content (AvgIpc) is 3.07. The molecule has 0 bridgehead atoms. The summed E-state index contributed by atoms with van der Waals surface area (Å²) >= 11 is 0.826. The molecule has 0 N–H and O–H groups in total. The van der Waals surface area contributed by atoms with Crippen LogP contribution in [0.3, 0.4) is 0 Å². The molecule has 0 spiro atoms. The van der Waals surface area contributed by atoms with Crippen molar-refractivity contribution < 1.29 is 26.9 Å². The molecule has 0 saturated carbocycles. The summed E-state index contributed by atoms with van der Waals surface area (Å²) in [6.45, 7) is 4.11. The first-order valence-electron chi connectivity index (χ1n) is 10.8. The van der Waals surface area contributed by atoms with Gasteiger partial charge in [-0.05, 0) is 79.2 Å². The summed E-state index contributed by atoms with van der Waals surface area (Å²) in [6.07, 6.45) is 1.54. The van der Waals surface area contributed by atoms with E-state index in [1.807, 2.05) is 38.1 Å². The molecule has 0 aliphatic carbocycles. The SMILES string of the molecule is Cc1ccc(S(=O)(=O)Oc2cccc(/C=C3\SC(=O)N(CCOc4cccc(C)c4)C3=O)c2)cc1. The number of carbonyl (C=O) groups excluding carboxylic acids is 2. The molecule has 4 rings (SSSR count). The molecule has 1 heterocycles. The van der Waals surface area contributed by atoms with Gasteiger partial charge in [0.1, 0.15) is 23.0 Å². The van der Waals surface area contributed by atoms with E-state index in [2.05, 4.69) is 0 Å². The molecular formula is C26H23NO6S2. The predicted molar refractivity (Wildman–Crippen MR) is 135 cm³/mol. The molecule has 0 atom stereocenters. The Labute approximate surface area is 208 Å². The lowest BCUT2D eigenvalue weighted by Gasteiger charge is -2.13. The minimum absolute atomic E-state index is 0.0440. The minimum atomic E-state index is -4.01. The lowest BCUT2D eigenvalue weighted by molar-refractivity contribution is -0.123. The monoisotopic (exact) mass is 509 g/mol. The van der Waals surface area contributed by atoms with Crippen molar-refractivity contribution in [2.75, 3.05) is 13.2 Å². The number of rotatable bonds is 8. The van der Waals surface area contributed by atoms with Crippen LogP contribution in [0.25, 0.3) is 6.08 Å². The molecule has 0 radical (unpaired) electrons. The molecule has 3 aromatic rings. The molecule has 1 aliphatic heterocycles. The second-order valence-corrected chi connectivity index (χ2v) is 10.5. The van der Waals surface area contributed by atoms with Crippen LogP contribution in [-0.4, -0.2) is 37.6 Å². The Morgan fingerprint density at radius 2 is 1.60 bits per heavy atom. The number of carbonyl (C=O) groups is 2. The van der Waals surface area contributed by atoms with Gasteiger partial charge in [0.15, 0.2) is 0 Å². The Morgan fingerprint density at radius 1 is 0.886 bits per heavy atom. The third-order valence-electron chi connectivity index (χ3n) is 5.12. The maximum absolute atomic E-state index is 12.8. The van der Waals surface area contributed by atoms with E-state index in [0.29, 0.717) is 11.3 Å². The van der Waals surface area contributed by atoms with E-state index >= 15 is 0 Å². The third kappa shape index (κ3) is 6.12.